The standard InChI is InChI=1S/C21H19N/c1-4-10-17(11-5-1)16-22-20(18-12-6-2-7-13-18)21(22)19-14-8-3-9-15-19/h1-15,20-21H,16H2/t20-,21?,22?/m0/s1. The molecule has 1 aliphatic heterocycles. The molecule has 0 saturated carbocycles. The Morgan fingerprint density at radius 2 is 0.955 bits per heavy atom. The van der Waals surface area contributed by atoms with Crippen molar-refractivity contribution in [3.8, 4) is 0 Å². The van der Waals surface area contributed by atoms with Crippen molar-refractivity contribution in [3.63, 3.8) is 0 Å². The Bertz CT molecular complexity index is 676. The van der Waals surface area contributed by atoms with E-state index in [-0.39, 0.29) is 0 Å². The Morgan fingerprint density at radius 3 is 1.41 bits per heavy atom. The largest absolute Gasteiger partial charge is 0.281 e. The summed E-state index contributed by atoms with van der Waals surface area (Å²) in [4.78, 5) is 2.57. The third-order valence-corrected chi connectivity index (χ3v) is 4.41. The predicted molar refractivity (Wildman–Crippen MR) is 90.4 cm³/mol. The molecule has 22 heavy (non-hydrogen) atoms. The maximum Gasteiger partial charge on any atom is 0.0556 e. The van der Waals surface area contributed by atoms with Gasteiger partial charge < -0.3 is 0 Å². The second-order valence-corrected chi connectivity index (χ2v) is 5.87. The van der Waals surface area contributed by atoms with Crippen LogP contribution in [0.1, 0.15) is 28.8 Å². The minimum absolute atomic E-state index is 0.490. The number of hydrogen-bond acceptors (Lipinski definition) is 1. The van der Waals surface area contributed by atoms with E-state index in [0.717, 1.165) is 6.54 Å². The van der Waals surface area contributed by atoms with Crippen molar-refractivity contribution >= 4 is 0 Å². The van der Waals surface area contributed by atoms with Gasteiger partial charge in [-0.3, -0.25) is 4.90 Å². The van der Waals surface area contributed by atoms with Crippen molar-refractivity contribution in [2.45, 2.75) is 18.6 Å². The molecule has 4 rings (SSSR count). The molecule has 3 aromatic carbocycles. The zero-order chi connectivity index (χ0) is 14.8. The molecule has 1 aliphatic rings. The van der Waals surface area contributed by atoms with E-state index in [2.05, 4.69) is 95.9 Å². The van der Waals surface area contributed by atoms with Gasteiger partial charge in [-0.25, -0.2) is 0 Å². The van der Waals surface area contributed by atoms with Gasteiger partial charge >= 0.3 is 0 Å². The highest BCUT2D eigenvalue weighted by molar-refractivity contribution is 5.35. The fraction of sp³-hybridized carbons (Fsp3) is 0.143. The molecule has 0 bridgehead atoms. The van der Waals surface area contributed by atoms with Crippen LogP contribution >= 0.6 is 0 Å². The topological polar surface area (TPSA) is 3.01 Å². The lowest BCUT2D eigenvalue weighted by molar-refractivity contribution is 0.480. The van der Waals surface area contributed by atoms with E-state index in [1.165, 1.54) is 16.7 Å². The number of rotatable bonds is 4. The van der Waals surface area contributed by atoms with Crippen LogP contribution in [0.3, 0.4) is 0 Å². The van der Waals surface area contributed by atoms with Gasteiger partial charge in [0.2, 0.25) is 0 Å². The van der Waals surface area contributed by atoms with E-state index in [1.54, 1.807) is 0 Å². The van der Waals surface area contributed by atoms with Crippen molar-refractivity contribution in [2.75, 3.05) is 0 Å². The Kier molecular flexibility index (Phi) is 3.49. The SMILES string of the molecule is c1ccc(CN2C(c3ccccc3)[C@@H]2c2ccccc2)cc1. The van der Waals surface area contributed by atoms with E-state index in [9.17, 15) is 0 Å². The lowest BCUT2D eigenvalue weighted by Gasteiger charge is -2.04. The molecule has 0 radical (unpaired) electrons. The molecule has 0 spiro atoms. The molecule has 1 saturated heterocycles. The van der Waals surface area contributed by atoms with E-state index in [4.69, 9.17) is 0 Å². The second-order valence-electron chi connectivity index (χ2n) is 5.87. The maximum absolute atomic E-state index is 2.57. The van der Waals surface area contributed by atoms with Crippen LogP contribution in [0.4, 0.5) is 0 Å². The van der Waals surface area contributed by atoms with Gasteiger partial charge in [-0.15, -0.1) is 0 Å². The van der Waals surface area contributed by atoms with Crippen LogP contribution in [0, 0.1) is 0 Å². The molecular formula is C21H19N. The zero-order valence-corrected chi connectivity index (χ0v) is 12.5. The van der Waals surface area contributed by atoms with Gasteiger partial charge in [0.25, 0.3) is 0 Å². The molecular weight excluding hydrogens is 266 g/mol. The van der Waals surface area contributed by atoms with Crippen molar-refractivity contribution in [2.24, 2.45) is 0 Å². The molecule has 1 heteroatoms. The minimum Gasteiger partial charge on any atom is -0.281 e. The quantitative estimate of drug-likeness (QED) is 0.611. The summed E-state index contributed by atoms with van der Waals surface area (Å²) in [5.41, 5.74) is 4.20. The third kappa shape index (κ3) is 2.56. The van der Waals surface area contributed by atoms with Crippen LogP contribution in [0.15, 0.2) is 91.0 Å². The van der Waals surface area contributed by atoms with Crippen LogP contribution in [0.25, 0.3) is 0 Å². The summed E-state index contributed by atoms with van der Waals surface area (Å²) in [6.45, 7) is 1.000. The van der Waals surface area contributed by atoms with E-state index in [0.29, 0.717) is 12.1 Å². The van der Waals surface area contributed by atoms with Crippen molar-refractivity contribution in [3.05, 3.63) is 108 Å². The number of nitrogens with zero attached hydrogens (tertiary/aromatic N) is 1. The van der Waals surface area contributed by atoms with Gasteiger partial charge in [-0.05, 0) is 16.7 Å². The molecule has 0 aliphatic carbocycles. The smallest absolute Gasteiger partial charge is 0.0556 e. The lowest BCUT2D eigenvalue weighted by Crippen LogP contribution is -1.99. The molecule has 108 valence electrons. The van der Waals surface area contributed by atoms with Gasteiger partial charge in [0.05, 0.1) is 12.1 Å². The number of hydrogen-bond donors (Lipinski definition) is 0. The zero-order valence-electron chi connectivity index (χ0n) is 12.5. The second kappa shape index (κ2) is 5.78. The molecule has 0 amide bonds. The molecule has 3 atom stereocenters. The molecule has 2 unspecified atom stereocenters. The highest BCUT2D eigenvalue weighted by Gasteiger charge is 2.48. The molecule has 0 N–H and O–H groups in total. The van der Waals surface area contributed by atoms with Gasteiger partial charge in [0.15, 0.2) is 0 Å². The Balaban J connectivity index is 1.63. The monoisotopic (exact) mass is 285 g/mol. The summed E-state index contributed by atoms with van der Waals surface area (Å²) < 4.78 is 0. The summed E-state index contributed by atoms with van der Waals surface area (Å²) in [5, 5.41) is 0. The van der Waals surface area contributed by atoms with Gasteiger partial charge in [0.1, 0.15) is 0 Å². The fourth-order valence-electron chi connectivity index (χ4n) is 3.31. The van der Waals surface area contributed by atoms with Gasteiger partial charge in [0, 0.05) is 6.54 Å². The average molecular weight is 285 g/mol. The first kappa shape index (κ1) is 13.3. The van der Waals surface area contributed by atoms with Crippen molar-refractivity contribution in [1.29, 1.82) is 0 Å². The summed E-state index contributed by atoms with van der Waals surface area (Å²) in [6.07, 6.45) is 0. The van der Waals surface area contributed by atoms with Crippen LogP contribution < -0.4 is 0 Å². The molecule has 0 aromatic heterocycles. The predicted octanol–water partition coefficient (Wildman–Crippen LogP) is 4.98. The molecule has 1 fully saturated rings. The maximum atomic E-state index is 2.57. The average Bonchev–Trinajstić information content (AvgIpc) is 3.31. The van der Waals surface area contributed by atoms with Gasteiger partial charge in [-0.1, -0.05) is 91.0 Å². The minimum atomic E-state index is 0.490. The van der Waals surface area contributed by atoms with E-state index in [1.807, 2.05) is 0 Å². The van der Waals surface area contributed by atoms with Crippen LogP contribution in [0.5, 0.6) is 0 Å². The molecule has 3 aromatic rings. The summed E-state index contributed by atoms with van der Waals surface area (Å²) in [7, 11) is 0. The van der Waals surface area contributed by atoms with E-state index >= 15 is 0 Å². The Morgan fingerprint density at radius 1 is 0.545 bits per heavy atom. The Labute approximate surface area is 131 Å². The summed E-state index contributed by atoms with van der Waals surface area (Å²) in [6, 6.07) is 33.4. The normalized spacial score (nSPS) is 23.2. The highest BCUT2D eigenvalue weighted by Crippen LogP contribution is 2.55. The van der Waals surface area contributed by atoms with E-state index < -0.39 is 0 Å². The third-order valence-electron chi connectivity index (χ3n) is 4.41. The summed E-state index contributed by atoms with van der Waals surface area (Å²) >= 11 is 0. The number of benzene rings is 3. The fourth-order valence-corrected chi connectivity index (χ4v) is 3.31. The van der Waals surface area contributed by atoms with Crippen molar-refractivity contribution in [1.82, 2.24) is 4.90 Å². The van der Waals surface area contributed by atoms with Crippen LogP contribution in [-0.2, 0) is 6.54 Å². The lowest BCUT2D eigenvalue weighted by atomic mass is 10.0. The first-order valence-corrected chi connectivity index (χ1v) is 7.83. The first-order valence-electron chi connectivity index (χ1n) is 7.83. The molecule has 1 nitrogen and oxygen atoms in total. The molecule has 1 heterocycles. The van der Waals surface area contributed by atoms with Crippen LogP contribution in [-0.4, -0.2) is 4.90 Å². The van der Waals surface area contributed by atoms with Gasteiger partial charge in [-0.2, -0.15) is 0 Å². The highest BCUT2D eigenvalue weighted by atomic mass is 15.3. The van der Waals surface area contributed by atoms with Crippen molar-refractivity contribution < 1.29 is 0 Å². The summed E-state index contributed by atoms with van der Waals surface area (Å²) in [5.74, 6) is 0. The van der Waals surface area contributed by atoms with Crippen LogP contribution in [0.2, 0.25) is 0 Å². The Hall–Kier alpha value is -2.38. The first-order chi connectivity index (χ1) is 10.9.